The van der Waals surface area contributed by atoms with Gasteiger partial charge in [-0.3, -0.25) is 5.10 Å². The summed E-state index contributed by atoms with van der Waals surface area (Å²) in [5.41, 5.74) is 6.24. The van der Waals surface area contributed by atoms with Crippen LogP contribution < -0.4 is 0 Å². The van der Waals surface area contributed by atoms with Crippen molar-refractivity contribution in [2.45, 2.75) is 58.1 Å². The summed E-state index contributed by atoms with van der Waals surface area (Å²) in [5, 5.41) is 7.53. The van der Waals surface area contributed by atoms with Gasteiger partial charge >= 0.3 is 0 Å². The van der Waals surface area contributed by atoms with Crippen LogP contribution in [0.2, 0.25) is 0 Å². The Morgan fingerprint density at radius 3 is 1.73 bits per heavy atom. The van der Waals surface area contributed by atoms with Gasteiger partial charge in [-0.05, 0) is 30.5 Å². The first kappa shape index (κ1) is 25.4. The molecule has 0 bridgehead atoms. The summed E-state index contributed by atoms with van der Waals surface area (Å²) in [6.07, 6.45) is -1.27. The second-order valence-corrected chi connectivity index (χ2v) is 9.47. The molecule has 192 valence electrons. The van der Waals surface area contributed by atoms with Crippen molar-refractivity contribution in [3.05, 3.63) is 125 Å². The first-order valence-corrected chi connectivity index (χ1v) is 12.8. The van der Waals surface area contributed by atoms with E-state index in [1.54, 1.807) is 0 Å². The van der Waals surface area contributed by atoms with Crippen LogP contribution in [0.4, 0.5) is 0 Å². The van der Waals surface area contributed by atoms with Crippen LogP contribution in [0, 0.1) is 13.8 Å². The van der Waals surface area contributed by atoms with Crippen molar-refractivity contribution < 1.29 is 18.9 Å². The monoisotopic (exact) mass is 498 g/mol. The average Bonchev–Trinajstić information content (AvgIpc) is 3.45. The highest BCUT2D eigenvalue weighted by atomic mass is 16.6. The highest BCUT2D eigenvalue weighted by molar-refractivity contribution is 5.29. The Hall–Kier alpha value is -3.29. The maximum Gasteiger partial charge on any atom is 0.117 e. The van der Waals surface area contributed by atoms with E-state index in [1.165, 1.54) is 0 Å². The van der Waals surface area contributed by atoms with Gasteiger partial charge in [-0.2, -0.15) is 5.10 Å². The fraction of sp³-hybridized carbons (Fsp3) is 0.323. The summed E-state index contributed by atoms with van der Waals surface area (Å²) in [5.74, 6) is 0. The van der Waals surface area contributed by atoms with Crippen molar-refractivity contribution in [1.29, 1.82) is 0 Å². The predicted molar refractivity (Wildman–Crippen MR) is 142 cm³/mol. The Morgan fingerprint density at radius 1 is 0.703 bits per heavy atom. The molecule has 4 aromatic rings. The van der Waals surface area contributed by atoms with Gasteiger partial charge in [-0.15, -0.1) is 0 Å². The van der Waals surface area contributed by atoms with Gasteiger partial charge in [-0.1, -0.05) is 91.0 Å². The van der Waals surface area contributed by atoms with E-state index in [-0.39, 0.29) is 24.4 Å². The largest absolute Gasteiger partial charge is 0.374 e. The number of aryl methyl sites for hydroxylation is 2. The summed E-state index contributed by atoms with van der Waals surface area (Å²) in [4.78, 5) is 0. The van der Waals surface area contributed by atoms with Crippen LogP contribution in [-0.2, 0) is 38.8 Å². The Morgan fingerprint density at radius 2 is 1.22 bits per heavy atom. The highest BCUT2D eigenvalue weighted by Gasteiger charge is 2.48. The highest BCUT2D eigenvalue weighted by Crippen LogP contribution is 2.40. The number of rotatable bonds is 11. The third-order valence-electron chi connectivity index (χ3n) is 6.74. The molecule has 6 heteroatoms. The number of aromatic nitrogens is 2. The first-order chi connectivity index (χ1) is 18.2. The van der Waals surface area contributed by atoms with E-state index in [0.717, 1.165) is 33.6 Å². The number of benzene rings is 3. The molecule has 6 nitrogen and oxygen atoms in total. The van der Waals surface area contributed by atoms with Crippen LogP contribution >= 0.6 is 0 Å². The summed E-state index contributed by atoms with van der Waals surface area (Å²) in [6.45, 7) is 5.85. The van der Waals surface area contributed by atoms with E-state index in [9.17, 15) is 0 Å². The molecule has 1 aromatic heterocycles. The molecule has 4 atom stereocenters. The van der Waals surface area contributed by atoms with Crippen molar-refractivity contribution in [2.24, 2.45) is 0 Å². The van der Waals surface area contributed by atoms with Crippen molar-refractivity contribution >= 4 is 0 Å². The zero-order valence-electron chi connectivity index (χ0n) is 21.4. The number of nitrogens with one attached hydrogen (secondary N) is 1. The average molecular weight is 499 g/mol. The van der Waals surface area contributed by atoms with Crippen molar-refractivity contribution in [3.8, 4) is 0 Å². The third-order valence-corrected chi connectivity index (χ3v) is 6.74. The summed E-state index contributed by atoms with van der Waals surface area (Å²) >= 11 is 0. The smallest absolute Gasteiger partial charge is 0.117 e. The van der Waals surface area contributed by atoms with E-state index in [1.807, 2.05) is 68.4 Å². The topological polar surface area (TPSA) is 65.6 Å². The Labute approximate surface area is 218 Å². The van der Waals surface area contributed by atoms with Crippen LogP contribution in [0.5, 0.6) is 0 Å². The maximum absolute atomic E-state index is 6.67. The number of ether oxygens (including phenoxy) is 4. The molecule has 37 heavy (non-hydrogen) atoms. The number of H-pyrrole nitrogens is 1. The molecule has 1 aliphatic rings. The molecule has 0 radical (unpaired) electrons. The quantitative estimate of drug-likeness (QED) is 0.281. The van der Waals surface area contributed by atoms with Gasteiger partial charge < -0.3 is 18.9 Å². The fourth-order valence-electron chi connectivity index (χ4n) is 4.86. The molecule has 0 unspecified atom stereocenters. The summed E-state index contributed by atoms with van der Waals surface area (Å²) < 4.78 is 25.9. The van der Waals surface area contributed by atoms with Crippen molar-refractivity contribution in [2.75, 3.05) is 6.61 Å². The van der Waals surface area contributed by atoms with Crippen molar-refractivity contribution in [1.82, 2.24) is 10.2 Å². The van der Waals surface area contributed by atoms with Gasteiger partial charge in [0.2, 0.25) is 0 Å². The van der Waals surface area contributed by atoms with E-state index in [2.05, 4.69) is 46.6 Å². The standard InChI is InChI=1S/C31H34N2O4/c1-22-28(23(2)33-32-22)30-31(36-20-26-16-10-5-11-17-26)29(35-19-25-14-8-4-9-15-25)27(37-30)21-34-18-24-12-6-3-7-13-24/h3-17,27,29-31H,18-21H2,1-2H3,(H,32,33)/t27-,29-,30-,31-/m1/s1. The lowest BCUT2D eigenvalue weighted by Crippen LogP contribution is -2.38. The molecule has 1 N–H and O–H groups in total. The molecule has 0 spiro atoms. The van der Waals surface area contributed by atoms with E-state index in [0.29, 0.717) is 26.4 Å². The number of hydrogen-bond donors (Lipinski definition) is 1. The predicted octanol–water partition coefficient (Wildman–Crippen LogP) is 5.85. The van der Waals surface area contributed by atoms with Crippen LogP contribution in [0.25, 0.3) is 0 Å². The Kier molecular flexibility index (Phi) is 8.43. The minimum atomic E-state index is -0.329. The summed E-state index contributed by atoms with van der Waals surface area (Å²) in [6, 6.07) is 30.5. The van der Waals surface area contributed by atoms with E-state index in [4.69, 9.17) is 18.9 Å². The third kappa shape index (κ3) is 6.35. The Bertz CT molecular complexity index is 1210. The van der Waals surface area contributed by atoms with Crippen LogP contribution in [0.15, 0.2) is 91.0 Å². The summed E-state index contributed by atoms with van der Waals surface area (Å²) in [7, 11) is 0. The second kappa shape index (κ2) is 12.3. The van der Waals surface area contributed by atoms with E-state index < -0.39 is 0 Å². The molecule has 0 saturated carbocycles. The lowest BCUT2D eigenvalue weighted by molar-refractivity contribution is -0.0898. The molecule has 5 rings (SSSR count). The van der Waals surface area contributed by atoms with Gasteiger partial charge in [-0.25, -0.2) is 0 Å². The normalized spacial score (nSPS) is 21.4. The minimum Gasteiger partial charge on any atom is -0.374 e. The van der Waals surface area contributed by atoms with Gasteiger partial charge in [0.1, 0.15) is 24.4 Å². The van der Waals surface area contributed by atoms with Gasteiger partial charge in [0.05, 0.1) is 32.1 Å². The molecule has 1 saturated heterocycles. The zero-order chi connectivity index (χ0) is 25.5. The number of nitrogens with zero attached hydrogens (tertiary/aromatic N) is 1. The number of hydrogen-bond acceptors (Lipinski definition) is 5. The second-order valence-electron chi connectivity index (χ2n) is 9.47. The van der Waals surface area contributed by atoms with Gasteiger partial charge in [0.15, 0.2) is 0 Å². The van der Waals surface area contributed by atoms with Crippen molar-refractivity contribution in [3.63, 3.8) is 0 Å². The molecule has 2 heterocycles. The molecule has 1 aliphatic heterocycles. The molecule has 1 fully saturated rings. The fourth-order valence-corrected chi connectivity index (χ4v) is 4.86. The lowest BCUT2D eigenvalue weighted by atomic mass is 9.99. The van der Waals surface area contributed by atoms with Crippen LogP contribution in [-0.4, -0.2) is 35.1 Å². The molecule has 0 aliphatic carbocycles. The van der Waals surface area contributed by atoms with Gasteiger partial charge in [0, 0.05) is 11.3 Å². The Balaban J connectivity index is 1.39. The number of aromatic amines is 1. The molecule has 0 amide bonds. The maximum atomic E-state index is 6.67. The molecular weight excluding hydrogens is 464 g/mol. The zero-order valence-corrected chi connectivity index (χ0v) is 21.4. The van der Waals surface area contributed by atoms with Crippen LogP contribution in [0.3, 0.4) is 0 Å². The lowest BCUT2D eigenvalue weighted by Gasteiger charge is -2.25. The minimum absolute atomic E-state index is 0.299. The molecular formula is C31H34N2O4. The van der Waals surface area contributed by atoms with Gasteiger partial charge in [0.25, 0.3) is 0 Å². The van der Waals surface area contributed by atoms with E-state index >= 15 is 0 Å². The van der Waals surface area contributed by atoms with Crippen LogP contribution in [0.1, 0.15) is 39.7 Å². The first-order valence-electron chi connectivity index (χ1n) is 12.8. The molecule has 3 aromatic carbocycles. The SMILES string of the molecule is Cc1n[nH]c(C)c1[C@H]1O[C@H](COCc2ccccc2)[C@@H](OCc2ccccc2)[C@H]1OCc1ccccc1.